The highest BCUT2D eigenvalue weighted by Gasteiger charge is 2.19. The second-order valence-corrected chi connectivity index (χ2v) is 5.02. The van der Waals surface area contributed by atoms with Crippen LogP contribution in [-0.4, -0.2) is 23.7 Å². The Morgan fingerprint density at radius 1 is 1.21 bits per heavy atom. The largest absolute Gasteiger partial charge is 0.391 e. The lowest BCUT2D eigenvalue weighted by atomic mass is 9.96. The molecule has 2 atom stereocenters. The molecule has 106 valence electrons. The van der Waals surface area contributed by atoms with Crippen LogP contribution < -0.4 is 5.32 Å². The van der Waals surface area contributed by atoms with Crippen molar-refractivity contribution in [2.45, 2.75) is 45.6 Å². The van der Waals surface area contributed by atoms with Gasteiger partial charge in [-0.2, -0.15) is 0 Å². The van der Waals surface area contributed by atoms with Crippen molar-refractivity contribution in [2.75, 3.05) is 6.54 Å². The zero-order valence-corrected chi connectivity index (χ0v) is 12.1. The van der Waals surface area contributed by atoms with Gasteiger partial charge in [-0.15, -0.1) is 0 Å². The van der Waals surface area contributed by atoms with E-state index in [-0.39, 0.29) is 17.7 Å². The van der Waals surface area contributed by atoms with Crippen LogP contribution in [0.2, 0.25) is 0 Å². The Morgan fingerprint density at radius 3 is 2.32 bits per heavy atom. The summed E-state index contributed by atoms with van der Waals surface area (Å²) in [6, 6.07) is 9.68. The van der Waals surface area contributed by atoms with Crippen LogP contribution in [0.25, 0.3) is 0 Å². The van der Waals surface area contributed by atoms with Gasteiger partial charge in [0.2, 0.25) is 5.91 Å². The maximum absolute atomic E-state index is 12.0. The molecule has 0 spiro atoms. The van der Waals surface area contributed by atoms with E-state index in [1.165, 1.54) is 0 Å². The van der Waals surface area contributed by atoms with E-state index in [0.29, 0.717) is 6.54 Å². The number of nitrogens with one attached hydrogen (secondary N) is 1. The summed E-state index contributed by atoms with van der Waals surface area (Å²) in [5.74, 6) is 0.0404. The Kier molecular flexibility index (Phi) is 6.57. The highest BCUT2D eigenvalue weighted by Crippen LogP contribution is 2.15. The number of carbonyl (C=O) groups is 1. The number of carbonyl (C=O) groups excluding carboxylic acids is 1. The summed E-state index contributed by atoms with van der Waals surface area (Å²) in [5, 5.41) is 12.8. The Labute approximate surface area is 116 Å². The van der Waals surface area contributed by atoms with Crippen LogP contribution in [0.1, 0.15) is 45.1 Å². The quantitative estimate of drug-likeness (QED) is 0.794. The van der Waals surface area contributed by atoms with Crippen LogP contribution in [0.3, 0.4) is 0 Å². The van der Waals surface area contributed by atoms with Gasteiger partial charge in [0.15, 0.2) is 0 Å². The fourth-order valence-corrected chi connectivity index (χ4v) is 2.25. The third-order valence-electron chi connectivity index (χ3n) is 3.77. The van der Waals surface area contributed by atoms with Gasteiger partial charge in [-0.1, -0.05) is 57.0 Å². The summed E-state index contributed by atoms with van der Waals surface area (Å²) in [6.45, 7) is 6.34. The first-order valence-corrected chi connectivity index (χ1v) is 7.10. The third kappa shape index (κ3) is 4.67. The summed E-state index contributed by atoms with van der Waals surface area (Å²) in [7, 11) is 0. The van der Waals surface area contributed by atoms with Gasteiger partial charge < -0.3 is 10.4 Å². The van der Waals surface area contributed by atoms with Gasteiger partial charge in [0.05, 0.1) is 12.0 Å². The number of hydrogen-bond donors (Lipinski definition) is 2. The average molecular weight is 263 g/mol. The topological polar surface area (TPSA) is 49.3 Å². The molecule has 3 heteroatoms. The van der Waals surface area contributed by atoms with Crippen LogP contribution in [0.4, 0.5) is 0 Å². The molecule has 19 heavy (non-hydrogen) atoms. The minimum absolute atomic E-state index is 0.0313. The number of hydrogen-bond acceptors (Lipinski definition) is 2. The van der Waals surface area contributed by atoms with Gasteiger partial charge in [-0.25, -0.2) is 0 Å². The third-order valence-corrected chi connectivity index (χ3v) is 3.77. The van der Waals surface area contributed by atoms with Crippen LogP contribution in [-0.2, 0) is 4.79 Å². The zero-order chi connectivity index (χ0) is 14.3. The van der Waals surface area contributed by atoms with Crippen LogP contribution in [0.5, 0.6) is 0 Å². The molecule has 0 aromatic heterocycles. The van der Waals surface area contributed by atoms with E-state index in [0.717, 1.165) is 18.4 Å². The number of amides is 1. The van der Waals surface area contributed by atoms with E-state index in [4.69, 9.17) is 0 Å². The van der Waals surface area contributed by atoms with Crippen molar-refractivity contribution in [3.05, 3.63) is 35.9 Å². The molecule has 0 radical (unpaired) electrons. The van der Waals surface area contributed by atoms with Gasteiger partial charge in [0.1, 0.15) is 0 Å². The summed E-state index contributed by atoms with van der Waals surface area (Å²) in [4.78, 5) is 12.0. The van der Waals surface area contributed by atoms with Crippen molar-refractivity contribution in [1.82, 2.24) is 5.32 Å². The van der Waals surface area contributed by atoms with Crippen molar-refractivity contribution in [1.29, 1.82) is 0 Å². The summed E-state index contributed by atoms with van der Waals surface area (Å²) >= 11 is 0. The normalized spacial score (nSPS) is 14.2. The maximum atomic E-state index is 12.0. The van der Waals surface area contributed by atoms with Gasteiger partial charge in [-0.3, -0.25) is 4.79 Å². The Balaban J connectivity index is 2.47. The molecule has 0 aliphatic heterocycles. The van der Waals surface area contributed by atoms with Gasteiger partial charge in [0.25, 0.3) is 0 Å². The van der Waals surface area contributed by atoms with Crippen molar-refractivity contribution < 1.29 is 9.90 Å². The molecule has 0 saturated heterocycles. The van der Waals surface area contributed by atoms with Gasteiger partial charge in [0, 0.05) is 6.54 Å². The molecule has 0 fully saturated rings. The van der Waals surface area contributed by atoms with E-state index in [1.807, 2.05) is 37.3 Å². The number of benzene rings is 1. The highest BCUT2D eigenvalue weighted by molar-refractivity contribution is 5.83. The van der Waals surface area contributed by atoms with Crippen molar-refractivity contribution in [3.8, 4) is 0 Å². The molecule has 0 bridgehead atoms. The minimum atomic E-state index is -0.457. The lowest BCUT2D eigenvalue weighted by molar-refractivity contribution is -0.122. The van der Waals surface area contributed by atoms with Crippen molar-refractivity contribution >= 4 is 5.91 Å². The van der Waals surface area contributed by atoms with E-state index in [2.05, 4.69) is 19.2 Å². The molecule has 1 rings (SSSR count). The average Bonchev–Trinajstić information content (AvgIpc) is 2.46. The molecule has 0 aliphatic rings. The lowest BCUT2D eigenvalue weighted by Crippen LogP contribution is -2.37. The number of rotatable bonds is 7. The smallest absolute Gasteiger partial charge is 0.227 e. The lowest BCUT2D eigenvalue weighted by Gasteiger charge is -2.21. The monoisotopic (exact) mass is 263 g/mol. The molecule has 3 nitrogen and oxygen atoms in total. The molecule has 0 heterocycles. The first-order chi connectivity index (χ1) is 9.10. The van der Waals surface area contributed by atoms with Crippen LogP contribution in [0, 0.1) is 5.92 Å². The van der Waals surface area contributed by atoms with Crippen LogP contribution in [0.15, 0.2) is 30.3 Å². The molecule has 2 unspecified atom stereocenters. The van der Waals surface area contributed by atoms with Crippen LogP contribution >= 0.6 is 0 Å². The maximum Gasteiger partial charge on any atom is 0.227 e. The second-order valence-electron chi connectivity index (χ2n) is 5.02. The molecule has 1 amide bonds. The standard InChI is InChI=1S/C16H25NO2/c1-4-13(5-2)15(18)11-17-16(19)12(3)14-9-7-6-8-10-14/h6-10,12-13,15,18H,4-5,11H2,1-3H3,(H,17,19). The SMILES string of the molecule is CCC(CC)C(O)CNC(=O)C(C)c1ccccc1. The fourth-order valence-electron chi connectivity index (χ4n) is 2.25. The molecule has 2 N–H and O–H groups in total. The van der Waals surface area contributed by atoms with Crippen molar-refractivity contribution in [3.63, 3.8) is 0 Å². The van der Waals surface area contributed by atoms with E-state index >= 15 is 0 Å². The Hall–Kier alpha value is -1.35. The van der Waals surface area contributed by atoms with E-state index in [1.54, 1.807) is 0 Å². The molecule has 0 saturated carbocycles. The first-order valence-electron chi connectivity index (χ1n) is 7.10. The number of aliphatic hydroxyl groups is 1. The van der Waals surface area contributed by atoms with E-state index < -0.39 is 6.10 Å². The second kappa shape index (κ2) is 7.95. The summed E-state index contributed by atoms with van der Waals surface area (Å²) in [6.07, 6.45) is 1.41. The summed E-state index contributed by atoms with van der Waals surface area (Å²) in [5.41, 5.74) is 0.997. The highest BCUT2D eigenvalue weighted by atomic mass is 16.3. The predicted molar refractivity (Wildman–Crippen MR) is 77.9 cm³/mol. The molecular weight excluding hydrogens is 238 g/mol. The minimum Gasteiger partial charge on any atom is -0.391 e. The zero-order valence-electron chi connectivity index (χ0n) is 12.1. The Morgan fingerprint density at radius 2 is 1.79 bits per heavy atom. The number of aliphatic hydroxyl groups excluding tert-OH is 1. The fraction of sp³-hybridized carbons (Fsp3) is 0.562. The first kappa shape index (κ1) is 15.7. The molecular formula is C16H25NO2. The molecule has 0 aliphatic carbocycles. The van der Waals surface area contributed by atoms with Gasteiger partial charge >= 0.3 is 0 Å². The molecule has 1 aromatic carbocycles. The summed E-state index contributed by atoms with van der Waals surface area (Å²) < 4.78 is 0. The van der Waals surface area contributed by atoms with E-state index in [9.17, 15) is 9.90 Å². The molecule has 1 aromatic rings. The van der Waals surface area contributed by atoms with Crippen molar-refractivity contribution in [2.24, 2.45) is 5.92 Å². The Bertz CT molecular complexity index is 374. The van der Waals surface area contributed by atoms with Gasteiger partial charge in [-0.05, 0) is 18.4 Å². The predicted octanol–water partition coefficient (Wildman–Crippen LogP) is 2.70.